The van der Waals surface area contributed by atoms with Crippen LogP contribution in [0.4, 0.5) is 0 Å². The summed E-state index contributed by atoms with van der Waals surface area (Å²) in [6.45, 7) is 12.0. The average Bonchev–Trinajstić information content (AvgIpc) is 2.59. The van der Waals surface area contributed by atoms with Crippen LogP contribution in [0.3, 0.4) is 0 Å². The highest BCUT2D eigenvalue weighted by Gasteiger charge is 2.12. The highest BCUT2D eigenvalue weighted by molar-refractivity contribution is 9.10. The molecule has 1 aliphatic rings. The summed E-state index contributed by atoms with van der Waals surface area (Å²) in [5.41, 5.74) is 1.19. The molecule has 152 valence electrons. The van der Waals surface area contributed by atoms with Gasteiger partial charge in [0.1, 0.15) is 0 Å². The minimum absolute atomic E-state index is 0. The average molecular weight is 472 g/mol. The summed E-state index contributed by atoms with van der Waals surface area (Å²) < 4.78 is 17.7. The summed E-state index contributed by atoms with van der Waals surface area (Å²) in [5.74, 6) is 1.59. The van der Waals surface area contributed by atoms with Gasteiger partial charge in [-0.3, -0.25) is 4.90 Å². The molecule has 1 saturated heterocycles. The van der Waals surface area contributed by atoms with E-state index in [1.165, 1.54) is 5.56 Å². The molecule has 2 rings (SSSR count). The fourth-order valence-corrected chi connectivity index (χ4v) is 3.36. The lowest BCUT2D eigenvalue weighted by molar-refractivity contribution is -0.00100. The fourth-order valence-electron chi connectivity index (χ4n) is 2.76. The molecule has 5 nitrogen and oxygen atoms in total. The van der Waals surface area contributed by atoms with Crippen molar-refractivity contribution in [1.82, 2.24) is 10.2 Å². The van der Waals surface area contributed by atoms with Crippen LogP contribution in [0.25, 0.3) is 0 Å². The van der Waals surface area contributed by atoms with Gasteiger partial charge in [0.2, 0.25) is 0 Å². The SMILES string of the molecule is CCOc1cc(CNCCCN2CCOCC2)cc(Br)c1OCC.[Cl-].[Cl-]. The van der Waals surface area contributed by atoms with Crippen LogP contribution in [0.5, 0.6) is 11.5 Å². The highest BCUT2D eigenvalue weighted by Crippen LogP contribution is 2.36. The molecule has 0 aliphatic carbocycles. The van der Waals surface area contributed by atoms with Gasteiger partial charge < -0.3 is 44.3 Å². The van der Waals surface area contributed by atoms with Crippen molar-refractivity contribution in [2.45, 2.75) is 26.8 Å². The molecule has 0 spiro atoms. The molecule has 1 aromatic rings. The third-order valence-corrected chi connectivity index (χ3v) is 4.51. The van der Waals surface area contributed by atoms with E-state index >= 15 is 0 Å². The van der Waals surface area contributed by atoms with E-state index in [-0.39, 0.29) is 24.8 Å². The van der Waals surface area contributed by atoms with Crippen LogP contribution < -0.4 is 39.6 Å². The Morgan fingerprint density at radius 1 is 1.12 bits per heavy atom. The van der Waals surface area contributed by atoms with Crippen LogP contribution in [-0.2, 0) is 11.3 Å². The van der Waals surface area contributed by atoms with E-state index < -0.39 is 0 Å². The van der Waals surface area contributed by atoms with Crippen LogP contribution in [0.2, 0.25) is 0 Å². The minimum atomic E-state index is 0. The van der Waals surface area contributed by atoms with E-state index in [9.17, 15) is 0 Å². The largest absolute Gasteiger partial charge is 1.00 e. The molecule has 0 bridgehead atoms. The first-order valence-corrected chi connectivity index (χ1v) is 9.62. The number of halogens is 3. The van der Waals surface area contributed by atoms with Crippen molar-refractivity contribution in [2.75, 3.05) is 52.6 Å². The Kier molecular flexibility index (Phi) is 14.6. The van der Waals surface area contributed by atoms with Gasteiger partial charge in [-0.15, -0.1) is 0 Å². The number of morpholine rings is 1. The molecule has 1 aliphatic heterocycles. The number of nitrogens with zero attached hydrogens (tertiary/aromatic N) is 1. The number of rotatable bonds is 10. The van der Waals surface area contributed by atoms with Gasteiger partial charge in [0, 0.05) is 19.6 Å². The number of ether oxygens (including phenoxy) is 3. The molecule has 1 heterocycles. The Morgan fingerprint density at radius 3 is 2.46 bits per heavy atom. The quantitative estimate of drug-likeness (QED) is 0.370. The van der Waals surface area contributed by atoms with Crippen molar-refractivity contribution < 1.29 is 39.0 Å². The number of hydrogen-bond acceptors (Lipinski definition) is 5. The van der Waals surface area contributed by atoms with Crippen LogP contribution in [0.15, 0.2) is 16.6 Å². The van der Waals surface area contributed by atoms with Gasteiger partial charge in [0.15, 0.2) is 11.5 Å². The fraction of sp³-hybridized carbons (Fsp3) is 0.667. The van der Waals surface area contributed by atoms with E-state index in [1.54, 1.807) is 0 Å². The van der Waals surface area contributed by atoms with Gasteiger partial charge in [-0.25, -0.2) is 0 Å². The molecule has 1 N–H and O–H groups in total. The smallest absolute Gasteiger partial charge is 0.175 e. The van der Waals surface area contributed by atoms with Crippen molar-refractivity contribution >= 4 is 15.9 Å². The third-order valence-electron chi connectivity index (χ3n) is 3.92. The minimum Gasteiger partial charge on any atom is -1.00 e. The molecule has 26 heavy (non-hydrogen) atoms. The zero-order chi connectivity index (χ0) is 17.2. The zero-order valence-electron chi connectivity index (χ0n) is 15.5. The summed E-state index contributed by atoms with van der Waals surface area (Å²) in [5, 5.41) is 3.51. The first-order valence-electron chi connectivity index (χ1n) is 8.83. The molecular formula is C18H29BrCl2N2O3-2. The molecule has 0 radical (unpaired) electrons. The Balaban J connectivity index is 0.00000312. The van der Waals surface area contributed by atoms with Gasteiger partial charge in [0.05, 0.1) is 30.9 Å². The van der Waals surface area contributed by atoms with Gasteiger partial charge in [-0.1, -0.05) is 0 Å². The second-order valence-electron chi connectivity index (χ2n) is 5.76. The van der Waals surface area contributed by atoms with Gasteiger partial charge in [-0.2, -0.15) is 0 Å². The van der Waals surface area contributed by atoms with Gasteiger partial charge in [-0.05, 0) is 67.0 Å². The van der Waals surface area contributed by atoms with Crippen molar-refractivity contribution in [3.8, 4) is 11.5 Å². The molecule has 1 aromatic carbocycles. The van der Waals surface area contributed by atoms with E-state index in [2.05, 4.69) is 38.3 Å². The number of benzene rings is 1. The van der Waals surface area contributed by atoms with Crippen LogP contribution >= 0.6 is 15.9 Å². The summed E-state index contributed by atoms with van der Waals surface area (Å²) in [4.78, 5) is 2.46. The topological polar surface area (TPSA) is 43.0 Å². The molecular weight excluding hydrogens is 443 g/mol. The summed E-state index contributed by atoms with van der Waals surface area (Å²) in [7, 11) is 0. The summed E-state index contributed by atoms with van der Waals surface area (Å²) in [6.07, 6.45) is 1.15. The van der Waals surface area contributed by atoms with Crippen LogP contribution in [0, 0.1) is 0 Å². The summed E-state index contributed by atoms with van der Waals surface area (Å²) >= 11 is 3.59. The van der Waals surface area contributed by atoms with Crippen molar-refractivity contribution in [3.63, 3.8) is 0 Å². The monoisotopic (exact) mass is 470 g/mol. The van der Waals surface area contributed by atoms with E-state index in [0.29, 0.717) is 13.2 Å². The predicted octanol–water partition coefficient (Wildman–Crippen LogP) is -2.93. The molecule has 0 saturated carbocycles. The zero-order valence-corrected chi connectivity index (χ0v) is 18.6. The standard InChI is InChI=1S/C18H29BrN2O3.2ClH/c1-3-23-17-13-15(12-16(19)18(17)24-4-2)14-20-6-5-7-21-8-10-22-11-9-21;;/h12-13,20H,3-11,14H2,1-2H3;2*1H/p-2. The molecule has 8 heteroatoms. The Bertz CT molecular complexity index is 504. The highest BCUT2D eigenvalue weighted by atomic mass is 79.9. The molecule has 1 fully saturated rings. The lowest BCUT2D eigenvalue weighted by atomic mass is 10.2. The van der Waals surface area contributed by atoms with Crippen LogP contribution in [0.1, 0.15) is 25.8 Å². The van der Waals surface area contributed by atoms with E-state index in [1.807, 2.05) is 13.8 Å². The second kappa shape index (κ2) is 14.8. The number of nitrogens with one attached hydrogen (secondary N) is 1. The first-order chi connectivity index (χ1) is 11.7. The predicted molar refractivity (Wildman–Crippen MR) is 100 cm³/mol. The van der Waals surface area contributed by atoms with Crippen molar-refractivity contribution in [3.05, 3.63) is 22.2 Å². The second-order valence-corrected chi connectivity index (χ2v) is 6.61. The Labute approximate surface area is 178 Å². The van der Waals surface area contributed by atoms with Gasteiger partial charge in [0.25, 0.3) is 0 Å². The maximum absolute atomic E-state index is 5.72. The Morgan fingerprint density at radius 2 is 1.81 bits per heavy atom. The van der Waals surface area contributed by atoms with Crippen molar-refractivity contribution in [1.29, 1.82) is 0 Å². The van der Waals surface area contributed by atoms with E-state index in [0.717, 1.165) is 68.3 Å². The molecule has 0 atom stereocenters. The normalized spacial score (nSPS) is 14.3. The third kappa shape index (κ3) is 8.63. The lowest BCUT2D eigenvalue weighted by Gasteiger charge is -2.26. The first kappa shape index (κ1) is 25.8. The van der Waals surface area contributed by atoms with Crippen LogP contribution in [-0.4, -0.2) is 57.5 Å². The summed E-state index contributed by atoms with van der Waals surface area (Å²) in [6, 6.07) is 4.16. The van der Waals surface area contributed by atoms with E-state index in [4.69, 9.17) is 14.2 Å². The number of hydrogen-bond donors (Lipinski definition) is 1. The van der Waals surface area contributed by atoms with Gasteiger partial charge >= 0.3 is 0 Å². The lowest BCUT2D eigenvalue weighted by Crippen LogP contribution is -3.00. The maximum atomic E-state index is 5.72. The molecule has 0 aromatic heterocycles. The molecule has 0 amide bonds. The maximum Gasteiger partial charge on any atom is 0.175 e. The van der Waals surface area contributed by atoms with Crippen molar-refractivity contribution in [2.24, 2.45) is 0 Å². The Hall–Kier alpha value is -0.240. The molecule has 0 unspecified atom stereocenters.